The molecule has 1 unspecified atom stereocenters. The molecule has 1 atom stereocenters. The van der Waals surface area contributed by atoms with E-state index in [2.05, 4.69) is 20.5 Å². The zero-order valence-corrected chi connectivity index (χ0v) is 19.7. The molecule has 8 heteroatoms. The number of pyridine rings is 1. The Morgan fingerprint density at radius 3 is 2.60 bits per heavy atom. The zero-order valence-electron chi connectivity index (χ0n) is 18.9. The topological polar surface area (TPSA) is 72.7 Å². The number of carbonyl (C=O) groups is 1. The Morgan fingerprint density at radius 1 is 0.971 bits per heavy atom. The number of rotatable bonds is 7. The van der Waals surface area contributed by atoms with Crippen molar-refractivity contribution in [2.45, 2.75) is 23.9 Å². The summed E-state index contributed by atoms with van der Waals surface area (Å²) < 4.78 is 16.5. The summed E-state index contributed by atoms with van der Waals surface area (Å²) in [6.07, 6.45) is 1.72. The summed E-state index contributed by atoms with van der Waals surface area (Å²) in [5, 5.41) is 12.6. The largest absolute Gasteiger partial charge is 0.324 e. The van der Waals surface area contributed by atoms with Crippen LogP contribution in [0.25, 0.3) is 22.3 Å². The Morgan fingerprint density at radius 2 is 1.77 bits per heavy atom. The number of nitrogens with zero attached hydrogens (tertiary/aromatic N) is 4. The molecule has 0 radical (unpaired) electrons. The van der Waals surface area contributed by atoms with E-state index in [4.69, 9.17) is 0 Å². The van der Waals surface area contributed by atoms with Crippen molar-refractivity contribution in [3.05, 3.63) is 103 Å². The molecule has 0 fully saturated rings. The Kier molecular flexibility index (Phi) is 6.54. The summed E-state index contributed by atoms with van der Waals surface area (Å²) in [4.78, 5) is 17.4. The molecule has 3 aromatic carbocycles. The molecule has 5 rings (SSSR count). The minimum atomic E-state index is -0.478. The maximum Gasteiger partial charge on any atom is 0.237 e. The molecule has 174 valence electrons. The third kappa shape index (κ3) is 4.93. The first-order chi connectivity index (χ1) is 17.1. The second kappa shape index (κ2) is 10.1. The lowest BCUT2D eigenvalue weighted by molar-refractivity contribution is -0.115. The van der Waals surface area contributed by atoms with E-state index in [1.165, 1.54) is 17.8 Å². The van der Waals surface area contributed by atoms with Crippen LogP contribution < -0.4 is 5.32 Å². The number of hydrogen-bond donors (Lipinski definition) is 1. The van der Waals surface area contributed by atoms with Gasteiger partial charge in [-0.3, -0.25) is 14.3 Å². The van der Waals surface area contributed by atoms with Crippen LogP contribution in [0.1, 0.15) is 12.5 Å². The van der Waals surface area contributed by atoms with Gasteiger partial charge in [-0.1, -0.05) is 60.3 Å². The van der Waals surface area contributed by atoms with E-state index in [1.54, 1.807) is 24.4 Å². The van der Waals surface area contributed by atoms with E-state index in [1.807, 2.05) is 72.2 Å². The second-order valence-corrected chi connectivity index (χ2v) is 9.29. The van der Waals surface area contributed by atoms with Gasteiger partial charge in [0.15, 0.2) is 11.0 Å². The van der Waals surface area contributed by atoms with Crippen LogP contribution in [0, 0.1) is 5.82 Å². The van der Waals surface area contributed by atoms with Crippen LogP contribution in [0.5, 0.6) is 0 Å². The summed E-state index contributed by atoms with van der Waals surface area (Å²) in [6.45, 7) is 2.26. The number of fused-ring (bicyclic) bond motifs is 1. The summed E-state index contributed by atoms with van der Waals surface area (Å²) in [5.74, 6) is -0.128. The number of hydrogen-bond acceptors (Lipinski definition) is 5. The Hall–Kier alpha value is -4.04. The molecule has 0 bridgehead atoms. The summed E-state index contributed by atoms with van der Waals surface area (Å²) in [6, 6.07) is 25.7. The highest BCUT2D eigenvalue weighted by atomic mass is 32.2. The van der Waals surface area contributed by atoms with Crippen molar-refractivity contribution in [3.63, 3.8) is 0 Å². The minimum absolute atomic E-state index is 0.173. The molecule has 1 amide bonds. The number of aromatic nitrogens is 4. The van der Waals surface area contributed by atoms with Gasteiger partial charge in [-0.05, 0) is 48.9 Å². The maximum atomic E-state index is 14.6. The van der Waals surface area contributed by atoms with Crippen molar-refractivity contribution in [1.82, 2.24) is 19.7 Å². The fourth-order valence-electron chi connectivity index (χ4n) is 3.78. The molecule has 0 spiro atoms. The van der Waals surface area contributed by atoms with Crippen molar-refractivity contribution in [3.8, 4) is 11.4 Å². The van der Waals surface area contributed by atoms with Gasteiger partial charge in [0.1, 0.15) is 5.82 Å². The third-order valence-corrected chi connectivity index (χ3v) is 6.65. The number of thioether (sulfide) groups is 1. The highest BCUT2D eigenvalue weighted by Gasteiger charge is 2.22. The van der Waals surface area contributed by atoms with E-state index >= 15 is 0 Å². The standard InChI is InChI=1S/C27H22FN5OS/c1-18(26(34)30-24-15-7-14-23-21(24)12-8-16-29-23)35-27-32-31-25(20-11-5-6-13-22(20)28)33(27)17-19-9-3-2-4-10-19/h2-16,18H,17H2,1H3,(H,30,34). The number of anilines is 1. The van der Waals surface area contributed by atoms with Crippen molar-refractivity contribution in [1.29, 1.82) is 0 Å². The highest BCUT2D eigenvalue weighted by molar-refractivity contribution is 8.00. The predicted octanol–water partition coefficient (Wildman–Crippen LogP) is 5.80. The van der Waals surface area contributed by atoms with E-state index in [0.717, 1.165) is 16.5 Å². The third-order valence-electron chi connectivity index (χ3n) is 5.57. The van der Waals surface area contributed by atoms with Crippen LogP contribution in [-0.4, -0.2) is 30.9 Å². The van der Waals surface area contributed by atoms with Gasteiger partial charge in [0.2, 0.25) is 5.91 Å². The molecule has 1 N–H and O–H groups in total. The van der Waals surface area contributed by atoms with Crippen LogP contribution in [-0.2, 0) is 11.3 Å². The Labute approximate surface area is 206 Å². The minimum Gasteiger partial charge on any atom is -0.324 e. The first-order valence-electron chi connectivity index (χ1n) is 11.1. The Bertz CT molecular complexity index is 1480. The Balaban J connectivity index is 1.43. The normalized spacial score (nSPS) is 11.9. The van der Waals surface area contributed by atoms with Gasteiger partial charge < -0.3 is 5.32 Å². The fraction of sp³-hybridized carbons (Fsp3) is 0.111. The average Bonchev–Trinajstić information content (AvgIpc) is 3.26. The fourth-order valence-corrected chi connectivity index (χ4v) is 4.63. The monoisotopic (exact) mass is 483 g/mol. The number of benzene rings is 3. The SMILES string of the molecule is CC(Sc1nnc(-c2ccccc2F)n1Cc1ccccc1)C(=O)Nc1cccc2ncccc12. The number of nitrogens with one attached hydrogen (secondary N) is 1. The predicted molar refractivity (Wildman–Crippen MR) is 137 cm³/mol. The lowest BCUT2D eigenvalue weighted by Crippen LogP contribution is -2.23. The van der Waals surface area contributed by atoms with E-state index < -0.39 is 5.25 Å². The molecule has 0 aliphatic heterocycles. The summed E-state index contributed by atoms with van der Waals surface area (Å²) in [5.41, 5.74) is 2.89. The molecule has 0 saturated carbocycles. The molecule has 2 aromatic heterocycles. The second-order valence-electron chi connectivity index (χ2n) is 7.98. The molecule has 35 heavy (non-hydrogen) atoms. The molecule has 2 heterocycles. The molecular formula is C27H22FN5OS. The van der Waals surface area contributed by atoms with Crippen molar-refractivity contribution < 1.29 is 9.18 Å². The number of halogens is 1. The van der Waals surface area contributed by atoms with Crippen molar-refractivity contribution in [2.24, 2.45) is 0 Å². The maximum absolute atomic E-state index is 14.6. The molecular weight excluding hydrogens is 461 g/mol. The summed E-state index contributed by atoms with van der Waals surface area (Å²) in [7, 11) is 0. The lowest BCUT2D eigenvalue weighted by atomic mass is 10.2. The van der Waals surface area contributed by atoms with Crippen LogP contribution in [0.4, 0.5) is 10.1 Å². The van der Waals surface area contributed by atoms with E-state index in [0.29, 0.717) is 28.8 Å². The van der Waals surface area contributed by atoms with Gasteiger partial charge in [0.05, 0.1) is 28.6 Å². The van der Waals surface area contributed by atoms with Gasteiger partial charge in [0, 0.05) is 11.6 Å². The van der Waals surface area contributed by atoms with E-state index in [-0.39, 0.29) is 11.7 Å². The molecule has 0 saturated heterocycles. The number of amides is 1. The van der Waals surface area contributed by atoms with Crippen LogP contribution in [0.2, 0.25) is 0 Å². The molecule has 6 nitrogen and oxygen atoms in total. The van der Waals surface area contributed by atoms with Crippen molar-refractivity contribution >= 4 is 34.3 Å². The first kappa shape index (κ1) is 22.7. The van der Waals surface area contributed by atoms with Crippen LogP contribution in [0.3, 0.4) is 0 Å². The highest BCUT2D eigenvalue weighted by Crippen LogP contribution is 2.30. The average molecular weight is 484 g/mol. The first-order valence-corrected chi connectivity index (χ1v) is 12.0. The quantitative estimate of drug-likeness (QED) is 0.296. The van der Waals surface area contributed by atoms with Gasteiger partial charge in [0.25, 0.3) is 0 Å². The van der Waals surface area contributed by atoms with Gasteiger partial charge >= 0.3 is 0 Å². The lowest BCUT2D eigenvalue weighted by Gasteiger charge is -2.15. The van der Waals surface area contributed by atoms with Gasteiger partial charge in [-0.25, -0.2) is 4.39 Å². The zero-order chi connectivity index (χ0) is 24.2. The van der Waals surface area contributed by atoms with Crippen LogP contribution >= 0.6 is 11.8 Å². The smallest absolute Gasteiger partial charge is 0.237 e. The van der Waals surface area contributed by atoms with Gasteiger partial charge in [-0.15, -0.1) is 10.2 Å². The molecule has 0 aliphatic carbocycles. The van der Waals surface area contributed by atoms with Gasteiger partial charge in [-0.2, -0.15) is 0 Å². The van der Waals surface area contributed by atoms with Crippen LogP contribution in [0.15, 0.2) is 96.3 Å². The molecule has 0 aliphatic rings. The van der Waals surface area contributed by atoms with E-state index in [9.17, 15) is 9.18 Å². The number of carbonyl (C=O) groups excluding carboxylic acids is 1. The van der Waals surface area contributed by atoms with Crippen molar-refractivity contribution in [2.75, 3.05) is 5.32 Å². The molecule has 5 aromatic rings. The summed E-state index contributed by atoms with van der Waals surface area (Å²) >= 11 is 1.28.